The van der Waals surface area contributed by atoms with Crippen LogP contribution in [0.5, 0.6) is 0 Å². The second-order valence-corrected chi connectivity index (χ2v) is 3.38. The SMILES string of the molecule is Cc1ccc(-n2nccc2B(O)O)cc1. The van der Waals surface area contributed by atoms with Crippen molar-refractivity contribution in [2.45, 2.75) is 6.92 Å². The molecule has 0 aliphatic carbocycles. The Morgan fingerprint density at radius 1 is 1.13 bits per heavy atom. The Morgan fingerprint density at radius 2 is 1.80 bits per heavy atom. The highest BCUT2D eigenvalue weighted by molar-refractivity contribution is 6.57. The molecule has 0 saturated carbocycles. The second kappa shape index (κ2) is 3.88. The van der Waals surface area contributed by atoms with Crippen LogP contribution >= 0.6 is 0 Å². The van der Waals surface area contributed by atoms with Gasteiger partial charge in [0, 0.05) is 6.20 Å². The van der Waals surface area contributed by atoms with E-state index >= 15 is 0 Å². The first kappa shape index (κ1) is 9.95. The summed E-state index contributed by atoms with van der Waals surface area (Å²) in [6.45, 7) is 1.99. The summed E-state index contributed by atoms with van der Waals surface area (Å²) in [7, 11) is -1.51. The average molecular weight is 202 g/mol. The molecule has 4 nitrogen and oxygen atoms in total. The fourth-order valence-electron chi connectivity index (χ4n) is 1.41. The smallest absolute Gasteiger partial charge is 0.422 e. The molecule has 0 spiro atoms. The molecule has 1 heterocycles. The number of hydrogen-bond acceptors (Lipinski definition) is 3. The summed E-state index contributed by atoms with van der Waals surface area (Å²) in [6.07, 6.45) is 1.54. The molecule has 0 fully saturated rings. The molecule has 5 heteroatoms. The second-order valence-electron chi connectivity index (χ2n) is 3.38. The number of aromatic nitrogens is 2. The average Bonchev–Trinajstić information content (AvgIpc) is 2.67. The third kappa shape index (κ3) is 1.93. The van der Waals surface area contributed by atoms with Gasteiger partial charge in [-0.1, -0.05) is 17.7 Å². The topological polar surface area (TPSA) is 58.3 Å². The summed E-state index contributed by atoms with van der Waals surface area (Å²) in [5.41, 5.74) is 2.32. The van der Waals surface area contributed by atoms with Crippen LogP contribution in [0.1, 0.15) is 5.56 Å². The molecule has 1 aromatic heterocycles. The normalized spacial score (nSPS) is 10.3. The van der Waals surface area contributed by atoms with Gasteiger partial charge in [-0.25, -0.2) is 4.68 Å². The Balaban J connectivity index is 2.45. The fourth-order valence-corrected chi connectivity index (χ4v) is 1.41. The molecule has 0 atom stereocenters. The van der Waals surface area contributed by atoms with Crippen molar-refractivity contribution in [2.24, 2.45) is 0 Å². The van der Waals surface area contributed by atoms with Crippen LogP contribution in [0.3, 0.4) is 0 Å². The monoisotopic (exact) mass is 202 g/mol. The maximum absolute atomic E-state index is 9.10. The van der Waals surface area contributed by atoms with Gasteiger partial charge in [-0.15, -0.1) is 0 Å². The zero-order chi connectivity index (χ0) is 10.8. The van der Waals surface area contributed by atoms with Crippen LogP contribution in [0.2, 0.25) is 0 Å². The van der Waals surface area contributed by atoms with Gasteiger partial charge in [0.2, 0.25) is 0 Å². The Kier molecular flexibility index (Phi) is 2.57. The molecule has 2 aromatic rings. The predicted octanol–water partition coefficient (Wildman–Crippen LogP) is -0.139. The summed E-state index contributed by atoms with van der Waals surface area (Å²) in [6, 6.07) is 9.24. The lowest BCUT2D eigenvalue weighted by atomic mass is 9.86. The van der Waals surface area contributed by atoms with E-state index in [0.717, 1.165) is 11.3 Å². The van der Waals surface area contributed by atoms with Crippen LogP contribution in [0.4, 0.5) is 0 Å². The zero-order valence-electron chi connectivity index (χ0n) is 8.33. The Labute approximate surface area is 87.9 Å². The van der Waals surface area contributed by atoms with Crippen molar-refractivity contribution in [3.05, 3.63) is 42.1 Å². The molecule has 15 heavy (non-hydrogen) atoms. The first-order chi connectivity index (χ1) is 7.18. The molecule has 0 aliphatic heterocycles. The van der Waals surface area contributed by atoms with Crippen LogP contribution in [0.15, 0.2) is 36.5 Å². The molecule has 0 radical (unpaired) electrons. The van der Waals surface area contributed by atoms with Gasteiger partial charge in [0.05, 0.1) is 11.3 Å². The number of nitrogens with zero attached hydrogens (tertiary/aromatic N) is 2. The summed E-state index contributed by atoms with van der Waals surface area (Å²) in [4.78, 5) is 0. The van der Waals surface area contributed by atoms with Gasteiger partial charge in [-0.05, 0) is 25.1 Å². The van der Waals surface area contributed by atoms with Gasteiger partial charge in [0.25, 0.3) is 0 Å². The molecule has 0 unspecified atom stereocenters. The van der Waals surface area contributed by atoms with Crippen molar-refractivity contribution < 1.29 is 10.0 Å². The van der Waals surface area contributed by atoms with Crippen molar-refractivity contribution in [3.63, 3.8) is 0 Å². The van der Waals surface area contributed by atoms with E-state index in [1.165, 1.54) is 10.9 Å². The maximum atomic E-state index is 9.10. The molecule has 2 rings (SSSR count). The van der Waals surface area contributed by atoms with E-state index < -0.39 is 7.12 Å². The molecule has 0 saturated heterocycles. The Morgan fingerprint density at radius 3 is 2.40 bits per heavy atom. The largest absolute Gasteiger partial charge is 0.508 e. The van der Waals surface area contributed by atoms with E-state index in [1.54, 1.807) is 6.07 Å². The summed E-state index contributed by atoms with van der Waals surface area (Å²) < 4.78 is 1.50. The van der Waals surface area contributed by atoms with Gasteiger partial charge in [0.15, 0.2) is 0 Å². The number of aryl methyl sites for hydroxylation is 1. The van der Waals surface area contributed by atoms with Crippen LogP contribution in [0.25, 0.3) is 5.69 Å². The highest BCUT2D eigenvalue weighted by atomic mass is 16.4. The number of hydrogen-bond donors (Lipinski definition) is 2. The number of rotatable bonds is 2. The van der Waals surface area contributed by atoms with Crippen molar-refractivity contribution in [2.75, 3.05) is 0 Å². The molecule has 0 bridgehead atoms. The lowest BCUT2D eigenvalue weighted by molar-refractivity contribution is 0.423. The molecule has 2 N–H and O–H groups in total. The lowest BCUT2D eigenvalue weighted by Gasteiger charge is -2.06. The highest BCUT2D eigenvalue weighted by Gasteiger charge is 2.17. The fraction of sp³-hybridized carbons (Fsp3) is 0.100. The Bertz CT molecular complexity index is 451. The first-order valence-corrected chi connectivity index (χ1v) is 4.65. The minimum Gasteiger partial charge on any atom is -0.422 e. The van der Waals surface area contributed by atoms with Crippen LogP contribution in [0, 0.1) is 6.92 Å². The predicted molar refractivity (Wildman–Crippen MR) is 58.1 cm³/mol. The quantitative estimate of drug-likeness (QED) is 0.666. The van der Waals surface area contributed by atoms with Gasteiger partial charge in [-0.3, -0.25) is 0 Å². The summed E-state index contributed by atoms with van der Waals surface area (Å²) in [5, 5.41) is 22.2. The minimum atomic E-state index is -1.51. The minimum absolute atomic E-state index is 0.360. The molecule has 0 aliphatic rings. The van der Waals surface area contributed by atoms with Gasteiger partial charge < -0.3 is 10.0 Å². The lowest BCUT2D eigenvalue weighted by Crippen LogP contribution is -2.35. The molecular formula is C10H11BN2O2. The van der Waals surface area contributed by atoms with E-state index in [9.17, 15) is 0 Å². The maximum Gasteiger partial charge on any atom is 0.508 e. The van der Waals surface area contributed by atoms with E-state index in [4.69, 9.17) is 10.0 Å². The zero-order valence-corrected chi connectivity index (χ0v) is 8.33. The van der Waals surface area contributed by atoms with Crippen LogP contribution in [-0.4, -0.2) is 26.9 Å². The van der Waals surface area contributed by atoms with Crippen molar-refractivity contribution in [3.8, 4) is 5.69 Å². The van der Waals surface area contributed by atoms with Crippen molar-refractivity contribution in [1.29, 1.82) is 0 Å². The summed E-state index contributed by atoms with van der Waals surface area (Å²) >= 11 is 0. The van der Waals surface area contributed by atoms with E-state index in [0.29, 0.717) is 5.59 Å². The molecule has 1 aromatic carbocycles. The van der Waals surface area contributed by atoms with Crippen molar-refractivity contribution >= 4 is 12.7 Å². The molecule has 0 amide bonds. The van der Waals surface area contributed by atoms with Crippen molar-refractivity contribution in [1.82, 2.24) is 9.78 Å². The van der Waals surface area contributed by atoms with Crippen LogP contribution < -0.4 is 5.59 Å². The third-order valence-corrected chi connectivity index (χ3v) is 2.22. The number of benzene rings is 1. The standard InChI is InChI=1S/C10H11BN2O2/c1-8-2-4-9(5-3-8)13-10(11(14)15)6-7-12-13/h2-7,14-15H,1H3. The third-order valence-electron chi connectivity index (χ3n) is 2.22. The van der Waals surface area contributed by atoms with Gasteiger partial charge >= 0.3 is 7.12 Å². The Hall–Kier alpha value is -1.59. The molecular weight excluding hydrogens is 191 g/mol. The van der Waals surface area contributed by atoms with Gasteiger partial charge in [-0.2, -0.15) is 5.10 Å². The van der Waals surface area contributed by atoms with Crippen LogP contribution in [-0.2, 0) is 0 Å². The molecule has 76 valence electrons. The first-order valence-electron chi connectivity index (χ1n) is 4.65. The highest BCUT2D eigenvalue weighted by Crippen LogP contribution is 2.06. The van der Waals surface area contributed by atoms with E-state index in [-0.39, 0.29) is 0 Å². The summed E-state index contributed by atoms with van der Waals surface area (Å²) in [5.74, 6) is 0. The van der Waals surface area contributed by atoms with E-state index in [1.807, 2.05) is 31.2 Å². The van der Waals surface area contributed by atoms with Gasteiger partial charge in [0.1, 0.15) is 0 Å². The van der Waals surface area contributed by atoms with E-state index in [2.05, 4.69) is 5.10 Å².